The van der Waals surface area contributed by atoms with E-state index in [1.165, 1.54) is 4.90 Å². The molecule has 2 fully saturated rings. The Morgan fingerprint density at radius 1 is 1.17 bits per heavy atom. The van der Waals surface area contributed by atoms with Crippen molar-refractivity contribution >= 4 is 11.8 Å². The van der Waals surface area contributed by atoms with Gasteiger partial charge >= 0.3 is 0 Å². The quantitative estimate of drug-likeness (QED) is 0.767. The van der Waals surface area contributed by atoms with Gasteiger partial charge in [0.05, 0.1) is 31.9 Å². The Bertz CT molecular complexity index is 594. The van der Waals surface area contributed by atoms with Gasteiger partial charge in [0.1, 0.15) is 5.75 Å². The minimum absolute atomic E-state index is 0.0981. The molecule has 2 aliphatic rings. The molecular weight excluding hydrogens is 308 g/mol. The summed E-state index contributed by atoms with van der Waals surface area (Å²) < 4.78 is 10.9. The van der Waals surface area contributed by atoms with Crippen LogP contribution in [0.25, 0.3) is 0 Å². The van der Waals surface area contributed by atoms with Crippen LogP contribution in [-0.4, -0.2) is 60.7 Å². The number of carbonyl (C=O) groups is 2. The van der Waals surface area contributed by atoms with Gasteiger partial charge in [-0.15, -0.1) is 0 Å². The van der Waals surface area contributed by atoms with E-state index in [4.69, 9.17) is 9.47 Å². The third-order valence-corrected chi connectivity index (χ3v) is 4.34. The molecular formula is C18H24N2O4. The second kappa shape index (κ2) is 7.32. The molecule has 6 heteroatoms. The van der Waals surface area contributed by atoms with Gasteiger partial charge in [-0.05, 0) is 31.5 Å². The number of hydrogen-bond donors (Lipinski definition) is 0. The number of likely N-dealkylation sites (tertiary alicyclic amines) is 1. The van der Waals surface area contributed by atoms with Crippen LogP contribution < -0.4 is 4.74 Å². The maximum absolute atomic E-state index is 12.7. The van der Waals surface area contributed by atoms with Gasteiger partial charge in [-0.1, -0.05) is 12.1 Å². The highest BCUT2D eigenvalue weighted by Crippen LogP contribution is 2.31. The minimum atomic E-state index is -0.383. The predicted molar refractivity (Wildman–Crippen MR) is 88.7 cm³/mol. The van der Waals surface area contributed by atoms with Crippen LogP contribution in [-0.2, 0) is 14.3 Å². The molecule has 0 aromatic heterocycles. The summed E-state index contributed by atoms with van der Waals surface area (Å²) in [5.74, 6) is 0.186. The van der Waals surface area contributed by atoms with Gasteiger partial charge < -0.3 is 9.47 Å². The number of hydrogen-bond acceptors (Lipinski definition) is 5. The van der Waals surface area contributed by atoms with E-state index in [-0.39, 0.29) is 30.3 Å². The first-order valence-electron chi connectivity index (χ1n) is 8.45. The first-order chi connectivity index (χ1) is 11.5. The molecule has 0 spiro atoms. The molecule has 2 amide bonds. The molecule has 0 radical (unpaired) electrons. The van der Waals surface area contributed by atoms with Crippen molar-refractivity contribution in [1.29, 1.82) is 0 Å². The number of rotatable bonds is 5. The lowest BCUT2D eigenvalue weighted by Crippen LogP contribution is -2.46. The minimum Gasteiger partial charge on any atom is -0.491 e. The average molecular weight is 332 g/mol. The van der Waals surface area contributed by atoms with E-state index >= 15 is 0 Å². The van der Waals surface area contributed by atoms with Crippen LogP contribution in [0.3, 0.4) is 0 Å². The summed E-state index contributed by atoms with van der Waals surface area (Å²) in [4.78, 5) is 28.4. The third-order valence-electron chi connectivity index (χ3n) is 4.34. The highest BCUT2D eigenvalue weighted by molar-refractivity contribution is 6.06. The van der Waals surface area contributed by atoms with Gasteiger partial charge in [-0.3, -0.25) is 19.4 Å². The normalized spacial score (nSPS) is 22.5. The van der Waals surface area contributed by atoms with E-state index in [2.05, 4.69) is 4.90 Å². The van der Waals surface area contributed by atoms with Crippen LogP contribution >= 0.6 is 0 Å². The lowest BCUT2D eigenvalue weighted by Gasteiger charge is -2.29. The third kappa shape index (κ3) is 3.76. The summed E-state index contributed by atoms with van der Waals surface area (Å²) in [6, 6.07) is 7.48. The molecule has 1 aromatic carbocycles. The summed E-state index contributed by atoms with van der Waals surface area (Å²) in [5, 5.41) is 0. The number of imide groups is 1. The standard InChI is InChI=1S/C18H24N2O4/c1-13(2)24-15-5-3-14(4-6-15)16-11-17(21)20(18(16)22)12-19-7-9-23-10-8-19/h3-6,13,16H,7-12H2,1-2H3. The molecule has 0 N–H and O–H groups in total. The van der Waals surface area contributed by atoms with E-state index in [1.807, 2.05) is 38.1 Å². The first-order valence-corrected chi connectivity index (χ1v) is 8.45. The van der Waals surface area contributed by atoms with E-state index in [1.54, 1.807) is 0 Å². The predicted octanol–water partition coefficient (Wildman–Crippen LogP) is 1.61. The topological polar surface area (TPSA) is 59.1 Å². The smallest absolute Gasteiger partial charge is 0.238 e. The van der Waals surface area contributed by atoms with E-state index in [0.29, 0.717) is 19.9 Å². The molecule has 3 rings (SSSR count). The zero-order chi connectivity index (χ0) is 17.1. The van der Waals surface area contributed by atoms with Crippen molar-refractivity contribution in [2.24, 2.45) is 0 Å². The second-order valence-corrected chi connectivity index (χ2v) is 6.52. The van der Waals surface area contributed by atoms with Crippen LogP contribution in [0.15, 0.2) is 24.3 Å². The Morgan fingerprint density at radius 3 is 2.46 bits per heavy atom. The highest BCUT2D eigenvalue weighted by Gasteiger charge is 2.40. The van der Waals surface area contributed by atoms with Crippen molar-refractivity contribution in [3.63, 3.8) is 0 Å². The fraction of sp³-hybridized carbons (Fsp3) is 0.556. The fourth-order valence-electron chi connectivity index (χ4n) is 3.09. The Morgan fingerprint density at radius 2 is 1.83 bits per heavy atom. The van der Waals surface area contributed by atoms with Crippen molar-refractivity contribution in [3.05, 3.63) is 29.8 Å². The van der Waals surface area contributed by atoms with Crippen molar-refractivity contribution in [3.8, 4) is 5.75 Å². The summed E-state index contributed by atoms with van der Waals surface area (Å²) in [6.07, 6.45) is 0.350. The number of carbonyl (C=O) groups excluding carboxylic acids is 2. The van der Waals surface area contributed by atoms with Gasteiger partial charge in [0, 0.05) is 19.5 Å². The van der Waals surface area contributed by atoms with Crippen LogP contribution in [0.1, 0.15) is 31.7 Å². The average Bonchev–Trinajstić information content (AvgIpc) is 2.84. The SMILES string of the molecule is CC(C)Oc1ccc(C2CC(=O)N(CN3CCOCC3)C2=O)cc1. The number of morpholine rings is 1. The molecule has 0 aliphatic carbocycles. The molecule has 6 nitrogen and oxygen atoms in total. The lowest BCUT2D eigenvalue weighted by atomic mass is 9.97. The molecule has 0 bridgehead atoms. The molecule has 0 saturated carbocycles. The van der Waals surface area contributed by atoms with Gasteiger partial charge in [-0.2, -0.15) is 0 Å². The largest absolute Gasteiger partial charge is 0.491 e. The van der Waals surface area contributed by atoms with E-state index in [9.17, 15) is 9.59 Å². The van der Waals surface area contributed by atoms with Gasteiger partial charge in [0.2, 0.25) is 11.8 Å². The van der Waals surface area contributed by atoms with Crippen molar-refractivity contribution in [2.45, 2.75) is 32.3 Å². The Labute approximate surface area is 142 Å². The van der Waals surface area contributed by atoms with E-state index < -0.39 is 0 Å². The summed E-state index contributed by atoms with van der Waals surface area (Å²) >= 11 is 0. The lowest BCUT2D eigenvalue weighted by molar-refractivity contribution is -0.142. The zero-order valence-corrected chi connectivity index (χ0v) is 14.2. The second-order valence-electron chi connectivity index (χ2n) is 6.52. The van der Waals surface area contributed by atoms with Crippen LogP contribution in [0, 0.1) is 0 Å². The summed E-state index contributed by atoms with van der Waals surface area (Å²) in [6.45, 7) is 7.11. The summed E-state index contributed by atoms with van der Waals surface area (Å²) in [7, 11) is 0. The maximum atomic E-state index is 12.7. The molecule has 2 heterocycles. The van der Waals surface area contributed by atoms with E-state index in [0.717, 1.165) is 24.4 Å². The van der Waals surface area contributed by atoms with Crippen molar-refractivity contribution in [1.82, 2.24) is 9.80 Å². The molecule has 2 saturated heterocycles. The maximum Gasteiger partial charge on any atom is 0.238 e. The van der Waals surface area contributed by atoms with Gasteiger partial charge in [0.15, 0.2) is 0 Å². The number of amides is 2. The highest BCUT2D eigenvalue weighted by atomic mass is 16.5. The van der Waals surface area contributed by atoms with Crippen LogP contribution in [0.4, 0.5) is 0 Å². The van der Waals surface area contributed by atoms with Gasteiger partial charge in [-0.25, -0.2) is 0 Å². The zero-order valence-electron chi connectivity index (χ0n) is 14.2. The molecule has 1 unspecified atom stereocenters. The Hall–Kier alpha value is -1.92. The number of benzene rings is 1. The first kappa shape index (κ1) is 16.9. The monoisotopic (exact) mass is 332 g/mol. The fourth-order valence-corrected chi connectivity index (χ4v) is 3.09. The van der Waals surface area contributed by atoms with Crippen LogP contribution in [0.5, 0.6) is 5.75 Å². The van der Waals surface area contributed by atoms with Crippen molar-refractivity contribution in [2.75, 3.05) is 33.0 Å². The molecule has 2 aliphatic heterocycles. The molecule has 130 valence electrons. The molecule has 1 aromatic rings. The summed E-state index contributed by atoms with van der Waals surface area (Å²) in [5.41, 5.74) is 0.869. The van der Waals surface area contributed by atoms with Gasteiger partial charge in [0.25, 0.3) is 0 Å². The van der Waals surface area contributed by atoms with Crippen molar-refractivity contribution < 1.29 is 19.1 Å². The number of ether oxygens (including phenoxy) is 2. The Balaban J connectivity index is 1.66. The van der Waals surface area contributed by atoms with Crippen LogP contribution in [0.2, 0.25) is 0 Å². The number of nitrogens with zero attached hydrogens (tertiary/aromatic N) is 2. The Kier molecular flexibility index (Phi) is 5.16. The molecule has 1 atom stereocenters. The molecule has 24 heavy (non-hydrogen) atoms.